The number of hydrogen-bond donors (Lipinski definition) is 0. The smallest absolute Gasteiger partial charge is 0.111 e. The van der Waals surface area contributed by atoms with Crippen LogP contribution in [0, 0.1) is 0 Å². The first-order valence-corrected chi connectivity index (χ1v) is 4.97. The van der Waals surface area contributed by atoms with Gasteiger partial charge in [0.15, 0.2) is 0 Å². The van der Waals surface area contributed by atoms with Gasteiger partial charge in [0, 0.05) is 0 Å². The molecule has 0 unspecified atom stereocenters. The van der Waals surface area contributed by atoms with E-state index in [4.69, 9.17) is 4.74 Å². The Morgan fingerprint density at radius 1 is 1.36 bits per heavy atom. The second kappa shape index (κ2) is 8.36. The average molecular weight is 192 g/mol. The Hall–Kier alpha value is -1.24. The van der Waals surface area contributed by atoms with Gasteiger partial charge in [-0.3, -0.25) is 0 Å². The molecule has 0 amide bonds. The van der Waals surface area contributed by atoms with E-state index in [1.54, 1.807) is 7.11 Å². The van der Waals surface area contributed by atoms with Crippen LogP contribution in [0.25, 0.3) is 0 Å². The summed E-state index contributed by atoms with van der Waals surface area (Å²) < 4.78 is 4.95. The lowest BCUT2D eigenvalue weighted by Gasteiger charge is -2.00. The van der Waals surface area contributed by atoms with Gasteiger partial charge >= 0.3 is 0 Å². The van der Waals surface area contributed by atoms with E-state index in [2.05, 4.69) is 20.1 Å². The highest BCUT2D eigenvalue weighted by Crippen LogP contribution is 2.10. The Kier molecular flexibility index (Phi) is 7.62. The van der Waals surface area contributed by atoms with Crippen molar-refractivity contribution in [3.8, 4) is 0 Å². The molecule has 0 saturated heterocycles. The molecule has 14 heavy (non-hydrogen) atoms. The Labute approximate surface area is 87.5 Å². The van der Waals surface area contributed by atoms with Crippen molar-refractivity contribution in [1.82, 2.24) is 0 Å². The third-order valence-electron chi connectivity index (χ3n) is 1.90. The van der Waals surface area contributed by atoms with Gasteiger partial charge < -0.3 is 4.74 Å². The summed E-state index contributed by atoms with van der Waals surface area (Å²) in [5, 5.41) is 0. The van der Waals surface area contributed by atoms with E-state index in [9.17, 15) is 0 Å². The van der Waals surface area contributed by atoms with Gasteiger partial charge in [-0.1, -0.05) is 44.7 Å². The first kappa shape index (κ1) is 12.8. The van der Waals surface area contributed by atoms with E-state index in [1.807, 2.05) is 24.3 Å². The molecule has 1 nitrogen and oxygen atoms in total. The molecular weight excluding hydrogens is 172 g/mol. The molecule has 0 fully saturated rings. The van der Waals surface area contributed by atoms with Gasteiger partial charge in [0.1, 0.15) is 5.76 Å². The molecule has 1 heteroatoms. The van der Waals surface area contributed by atoms with Crippen LogP contribution in [-0.4, -0.2) is 7.11 Å². The van der Waals surface area contributed by atoms with Crippen LogP contribution >= 0.6 is 0 Å². The second-order valence-electron chi connectivity index (χ2n) is 3.08. The van der Waals surface area contributed by atoms with Gasteiger partial charge in [0.25, 0.3) is 0 Å². The standard InChI is InChI=1S/C13H20O/c1-5-7-9-13(8-6-2)11-10-12(3)14-4/h6,8,10-11H,2-3,5,7,9H2,1,4H3/b11-10-,13-8-. The fourth-order valence-electron chi connectivity index (χ4n) is 1.02. The van der Waals surface area contributed by atoms with Crippen molar-refractivity contribution in [2.45, 2.75) is 26.2 Å². The van der Waals surface area contributed by atoms with E-state index in [0.29, 0.717) is 5.76 Å². The van der Waals surface area contributed by atoms with Crippen LogP contribution in [0.15, 0.2) is 48.8 Å². The molecule has 0 saturated carbocycles. The number of allylic oxidation sites excluding steroid dienone is 5. The van der Waals surface area contributed by atoms with E-state index >= 15 is 0 Å². The topological polar surface area (TPSA) is 9.23 Å². The Balaban J connectivity index is 4.22. The molecule has 0 spiro atoms. The first-order valence-electron chi connectivity index (χ1n) is 4.97. The fraction of sp³-hybridized carbons (Fsp3) is 0.385. The summed E-state index contributed by atoms with van der Waals surface area (Å²) >= 11 is 0. The zero-order valence-corrected chi connectivity index (χ0v) is 9.25. The quantitative estimate of drug-likeness (QED) is 0.437. The molecule has 0 radical (unpaired) electrons. The molecular formula is C13H20O. The number of ether oxygens (including phenoxy) is 1. The maximum absolute atomic E-state index is 4.95. The predicted octanol–water partition coefficient (Wildman–Crippen LogP) is 4.01. The zero-order valence-electron chi connectivity index (χ0n) is 9.25. The Morgan fingerprint density at radius 2 is 2.07 bits per heavy atom. The van der Waals surface area contributed by atoms with Crippen LogP contribution in [0.5, 0.6) is 0 Å². The minimum absolute atomic E-state index is 0.677. The molecule has 78 valence electrons. The molecule has 0 aliphatic heterocycles. The van der Waals surface area contributed by atoms with Crippen molar-refractivity contribution in [2.24, 2.45) is 0 Å². The second-order valence-corrected chi connectivity index (χ2v) is 3.08. The first-order chi connectivity index (χ1) is 6.74. The van der Waals surface area contributed by atoms with E-state index in [-0.39, 0.29) is 0 Å². The van der Waals surface area contributed by atoms with Crippen molar-refractivity contribution >= 4 is 0 Å². The minimum Gasteiger partial charge on any atom is -0.497 e. The summed E-state index contributed by atoms with van der Waals surface area (Å²) in [6, 6.07) is 0. The molecule has 0 aromatic heterocycles. The monoisotopic (exact) mass is 192 g/mol. The van der Waals surface area contributed by atoms with Crippen molar-refractivity contribution in [2.75, 3.05) is 7.11 Å². The lowest BCUT2D eigenvalue weighted by molar-refractivity contribution is 0.309. The van der Waals surface area contributed by atoms with Crippen LogP contribution < -0.4 is 0 Å². The van der Waals surface area contributed by atoms with Crippen LogP contribution in [0.4, 0.5) is 0 Å². The fourth-order valence-corrected chi connectivity index (χ4v) is 1.02. The SMILES string of the molecule is C=C/C=C(\C=C/C(=C)OC)CCCC. The van der Waals surface area contributed by atoms with Gasteiger partial charge in [-0.05, 0) is 24.5 Å². The van der Waals surface area contributed by atoms with E-state index < -0.39 is 0 Å². The third kappa shape index (κ3) is 6.30. The van der Waals surface area contributed by atoms with Gasteiger partial charge in [-0.2, -0.15) is 0 Å². The molecule has 0 aliphatic rings. The summed E-state index contributed by atoms with van der Waals surface area (Å²) in [5.41, 5.74) is 1.26. The summed E-state index contributed by atoms with van der Waals surface area (Å²) in [7, 11) is 1.62. The number of rotatable bonds is 7. The highest BCUT2D eigenvalue weighted by atomic mass is 16.5. The molecule has 0 N–H and O–H groups in total. The largest absolute Gasteiger partial charge is 0.497 e. The molecule has 0 atom stereocenters. The lowest BCUT2D eigenvalue weighted by atomic mass is 10.1. The normalized spacial score (nSPS) is 11.7. The Morgan fingerprint density at radius 3 is 2.57 bits per heavy atom. The number of methoxy groups -OCH3 is 1. The molecule has 0 rings (SSSR count). The summed E-state index contributed by atoms with van der Waals surface area (Å²) in [6.45, 7) is 9.60. The molecule has 0 bridgehead atoms. The number of hydrogen-bond acceptors (Lipinski definition) is 1. The van der Waals surface area contributed by atoms with Gasteiger partial charge in [0.2, 0.25) is 0 Å². The van der Waals surface area contributed by atoms with Gasteiger partial charge in [-0.15, -0.1) is 0 Å². The maximum Gasteiger partial charge on any atom is 0.111 e. The summed E-state index contributed by atoms with van der Waals surface area (Å²) in [6.07, 6.45) is 11.2. The van der Waals surface area contributed by atoms with Gasteiger partial charge in [0.05, 0.1) is 7.11 Å². The minimum atomic E-state index is 0.677. The molecule has 0 aromatic carbocycles. The predicted molar refractivity (Wildman–Crippen MR) is 63.1 cm³/mol. The zero-order chi connectivity index (χ0) is 10.8. The highest BCUT2D eigenvalue weighted by Gasteiger charge is 1.91. The van der Waals surface area contributed by atoms with Crippen molar-refractivity contribution in [1.29, 1.82) is 0 Å². The Bertz CT molecular complexity index is 234. The van der Waals surface area contributed by atoms with Crippen LogP contribution in [0.1, 0.15) is 26.2 Å². The average Bonchev–Trinajstić information content (AvgIpc) is 2.21. The van der Waals surface area contributed by atoms with E-state index in [0.717, 1.165) is 6.42 Å². The number of unbranched alkanes of at least 4 members (excludes halogenated alkanes) is 1. The highest BCUT2D eigenvalue weighted by molar-refractivity contribution is 5.26. The molecule has 0 heterocycles. The van der Waals surface area contributed by atoms with Crippen molar-refractivity contribution in [3.63, 3.8) is 0 Å². The van der Waals surface area contributed by atoms with Gasteiger partial charge in [-0.25, -0.2) is 0 Å². The van der Waals surface area contributed by atoms with Crippen molar-refractivity contribution in [3.05, 3.63) is 48.8 Å². The van der Waals surface area contributed by atoms with Crippen LogP contribution in [0.2, 0.25) is 0 Å². The maximum atomic E-state index is 4.95. The third-order valence-corrected chi connectivity index (χ3v) is 1.90. The van der Waals surface area contributed by atoms with Crippen LogP contribution in [0.3, 0.4) is 0 Å². The van der Waals surface area contributed by atoms with E-state index in [1.165, 1.54) is 18.4 Å². The summed E-state index contributed by atoms with van der Waals surface area (Å²) in [5.74, 6) is 0.677. The van der Waals surface area contributed by atoms with Crippen molar-refractivity contribution < 1.29 is 4.74 Å². The molecule has 0 aliphatic carbocycles. The van der Waals surface area contributed by atoms with Crippen LogP contribution in [-0.2, 0) is 4.74 Å². The summed E-state index contributed by atoms with van der Waals surface area (Å²) in [4.78, 5) is 0. The lowest BCUT2D eigenvalue weighted by Crippen LogP contribution is -1.81. The molecule has 0 aromatic rings.